The molecule has 1 aromatic rings. The minimum Gasteiger partial charge on any atom is -0.548 e. The number of nitrogens with zero attached hydrogens (tertiary/aromatic N) is 4. The van der Waals surface area contributed by atoms with E-state index in [0.717, 1.165) is 32.4 Å². The highest BCUT2D eigenvalue weighted by atomic mass is 16.4. The van der Waals surface area contributed by atoms with Crippen molar-refractivity contribution in [2.75, 3.05) is 41.7 Å². The molecule has 2 heterocycles. The van der Waals surface area contributed by atoms with Gasteiger partial charge in [-0.1, -0.05) is 0 Å². The number of carbonyl (C=O) groups is 2. The summed E-state index contributed by atoms with van der Waals surface area (Å²) in [5, 5.41) is 26.0. The van der Waals surface area contributed by atoms with Gasteiger partial charge in [-0.15, -0.1) is 0 Å². The Morgan fingerprint density at radius 1 is 0.909 bits per heavy atom. The summed E-state index contributed by atoms with van der Waals surface area (Å²) in [5.74, 6) is -2.15. The lowest BCUT2D eigenvalue weighted by Gasteiger charge is -2.27. The first-order valence-corrected chi connectivity index (χ1v) is 6.93. The van der Waals surface area contributed by atoms with Crippen molar-refractivity contribution < 1.29 is 19.8 Å². The van der Waals surface area contributed by atoms with Gasteiger partial charge >= 0.3 is 0 Å². The minimum absolute atomic E-state index is 0.0422. The summed E-state index contributed by atoms with van der Waals surface area (Å²) in [5.41, 5.74) is 0. The third kappa shape index (κ3) is 4.72. The predicted octanol–water partition coefficient (Wildman–Crippen LogP) is -2.81. The standard InChI is InChI=1S/C12H18N6O4/c19-8(20)6-13-10-15-11(14-7-9(21)22)17-12(16-10)18-4-2-1-3-5-18/h1-7H2,(H,19,20)(H,21,22)(H2,13,14,15,16,17)/p-2. The largest absolute Gasteiger partial charge is 0.548 e. The molecule has 10 nitrogen and oxygen atoms in total. The van der Waals surface area contributed by atoms with E-state index in [0.29, 0.717) is 5.95 Å². The number of nitrogens with one attached hydrogen (secondary N) is 2. The van der Waals surface area contributed by atoms with E-state index in [1.165, 1.54) is 0 Å². The Labute approximate surface area is 126 Å². The number of rotatable bonds is 7. The zero-order chi connectivity index (χ0) is 15.9. The van der Waals surface area contributed by atoms with Crippen LogP contribution >= 0.6 is 0 Å². The van der Waals surface area contributed by atoms with Gasteiger partial charge in [0.2, 0.25) is 17.8 Å². The Hall–Kier alpha value is -2.65. The van der Waals surface area contributed by atoms with Gasteiger partial charge in [0.05, 0.1) is 25.0 Å². The number of anilines is 3. The molecule has 1 saturated heterocycles. The summed E-state index contributed by atoms with van der Waals surface area (Å²) in [6.07, 6.45) is 3.15. The summed E-state index contributed by atoms with van der Waals surface area (Å²) in [7, 11) is 0. The van der Waals surface area contributed by atoms with Gasteiger partial charge in [-0.05, 0) is 19.3 Å². The summed E-state index contributed by atoms with van der Waals surface area (Å²) in [4.78, 5) is 35.2. The lowest BCUT2D eigenvalue weighted by atomic mass is 10.1. The van der Waals surface area contributed by atoms with Gasteiger partial charge in [0.1, 0.15) is 0 Å². The number of aromatic nitrogens is 3. The highest BCUT2D eigenvalue weighted by Gasteiger charge is 2.16. The third-order valence-electron chi connectivity index (χ3n) is 3.04. The fourth-order valence-corrected chi connectivity index (χ4v) is 2.06. The molecular weight excluding hydrogens is 292 g/mol. The van der Waals surface area contributed by atoms with Crippen LogP contribution < -0.4 is 25.7 Å². The van der Waals surface area contributed by atoms with Crippen LogP contribution in [0.15, 0.2) is 0 Å². The molecule has 0 aliphatic carbocycles. The van der Waals surface area contributed by atoms with Crippen LogP contribution in [0.2, 0.25) is 0 Å². The van der Waals surface area contributed by atoms with E-state index in [1.54, 1.807) is 0 Å². The van der Waals surface area contributed by atoms with Crippen LogP contribution in [-0.4, -0.2) is 53.1 Å². The summed E-state index contributed by atoms with van der Waals surface area (Å²) in [6, 6.07) is 0. The van der Waals surface area contributed by atoms with Crippen molar-refractivity contribution in [3.63, 3.8) is 0 Å². The third-order valence-corrected chi connectivity index (χ3v) is 3.04. The van der Waals surface area contributed by atoms with Crippen molar-refractivity contribution in [2.24, 2.45) is 0 Å². The SMILES string of the molecule is O=C([O-])CNc1nc(NCC(=O)[O-])nc(N2CCCCC2)n1. The molecular formula is C12H16N6O4-2. The molecule has 0 amide bonds. The van der Waals surface area contributed by atoms with Crippen molar-refractivity contribution in [3.05, 3.63) is 0 Å². The first-order chi connectivity index (χ1) is 10.5. The van der Waals surface area contributed by atoms with Crippen LogP contribution in [0.1, 0.15) is 19.3 Å². The van der Waals surface area contributed by atoms with E-state index >= 15 is 0 Å². The monoisotopic (exact) mass is 308 g/mol. The maximum absolute atomic E-state index is 10.5. The van der Waals surface area contributed by atoms with E-state index < -0.39 is 25.0 Å². The molecule has 0 aromatic carbocycles. The Bertz CT molecular complexity index is 510. The topological polar surface area (TPSA) is 146 Å². The molecule has 0 bridgehead atoms. The van der Waals surface area contributed by atoms with Crippen molar-refractivity contribution in [2.45, 2.75) is 19.3 Å². The maximum Gasteiger partial charge on any atom is 0.231 e. The number of carboxylic acids is 2. The van der Waals surface area contributed by atoms with Gasteiger partial charge < -0.3 is 35.3 Å². The van der Waals surface area contributed by atoms with Crippen molar-refractivity contribution in [3.8, 4) is 0 Å². The lowest BCUT2D eigenvalue weighted by molar-refractivity contribution is -0.304. The molecule has 0 radical (unpaired) electrons. The second kappa shape index (κ2) is 7.38. The second-order valence-electron chi connectivity index (χ2n) is 4.78. The van der Waals surface area contributed by atoms with E-state index in [9.17, 15) is 19.8 Å². The smallest absolute Gasteiger partial charge is 0.231 e. The van der Waals surface area contributed by atoms with E-state index in [4.69, 9.17) is 0 Å². The number of aliphatic carboxylic acids is 2. The Morgan fingerprint density at radius 3 is 1.86 bits per heavy atom. The summed E-state index contributed by atoms with van der Waals surface area (Å²) in [6.45, 7) is 0.653. The number of piperidine rings is 1. The average Bonchev–Trinajstić information content (AvgIpc) is 2.51. The lowest BCUT2D eigenvalue weighted by Crippen LogP contribution is -2.34. The van der Waals surface area contributed by atoms with Crippen LogP contribution in [0, 0.1) is 0 Å². The fourth-order valence-electron chi connectivity index (χ4n) is 2.06. The van der Waals surface area contributed by atoms with Crippen molar-refractivity contribution in [1.82, 2.24) is 15.0 Å². The average molecular weight is 308 g/mol. The highest BCUT2D eigenvalue weighted by molar-refractivity contribution is 5.70. The van der Waals surface area contributed by atoms with Crippen LogP contribution in [-0.2, 0) is 9.59 Å². The summed E-state index contributed by atoms with van der Waals surface area (Å²) < 4.78 is 0. The number of hydrogen-bond acceptors (Lipinski definition) is 10. The molecule has 2 rings (SSSR count). The Kier molecular flexibility index (Phi) is 5.28. The van der Waals surface area contributed by atoms with Crippen LogP contribution in [0.25, 0.3) is 0 Å². The minimum atomic E-state index is -1.30. The van der Waals surface area contributed by atoms with Gasteiger partial charge in [0.15, 0.2) is 0 Å². The Morgan fingerprint density at radius 2 is 1.41 bits per heavy atom. The molecule has 0 unspecified atom stereocenters. The normalized spacial score (nSPS) is 14.5. The molecule has 0 saturated carbocycles. The molecule has 0 atom stereocenters. The van der Waals surface area contributed by atoms with Gasteiger partial charge in [-0.2, -0.15) is 15.0 Å². The molecule has 0 spiro atoms. The first-order valence-electron chi connectivity index (χ1n) is 6.93. The fraction of sp³-hybridized carbons (Fsp3) is 0.583. The molecule has 120 valence electrons. The van der Waals surface area contributed by atoms with Crippen LogP contribution in [0.5, 0.6) is 0 Å². The van der Waals surface area contributed by atoms with Crippen molar-refractivity contribution >= 4 is 29.8 Å². The number of carbonyl (C=O) groups excluding carboxylic acids is 2. The molecule has 2 N–H and O–H groups in total. The van der Waals surface area contributed by atoms with Crippen molar-refractivity contribution in [1.29, 1.82) is 0 Å². The van der Waals surface area contributed by atoms with Gasteiger partial charge in [-0.3, -0.25) is 0 Å². The van der Waals surface area contributed by atoms with E-state index in [2.05, 4.69) is 25.6 Å². The van der Waals surface area contributed by atoms with Crippen LogP contribution in [0.4, 0.5) is 17.8 Å². The van der Waals surface area contributed by atoms with Crippen LogP contribution in [0.3, 0.4) is 0 Å². The first kappa shape index (κ1) is 15.7. The molecule has 1 aliphatic heterocycles. The maximum atomic E-state index is 10.5. The number of carboxylic acid groups (broad SMARTS) is 2. The highest BCUT2D eigenvalue weighted by Crippen LogP contribution is 2.18. The molecule has 1 aromatic heterocycles. The quantitative estimate of drug-likeness (QED) is 0.540. The zero-order valence-electron chi connectivity index (χ0n) is 11.9. The zero-order valence-corrected chi connectivity index (χ0v) is 11.9. The van der Waals surface area contributed by atoms with Gasteiger partial charge in [0.25, 0.3) is 0 Å². The Balaban J connectivity index is 2.17. The molecule has 1 aliphatic rings. The molecule has 1 fully saturated rings. The molecule has 10 heteroatoms. The molecule has 22 heavy (non-hydrogen) atoms. The number of hydrogen-bond donors (Lipinski definition) is 2. The van der Waals surface area contributed by atoms with Gasteiger partial charge in [-0.25, -0.2) is 0 Å². The second-order valence-corrected chi connectivity index (χ2v) is 4.78. The predicted molar refractivity (Wildman–Crippen MR) is 72.9 cm³/mol. The van der Waals surface area contributed by atoms with E-state index in [1.807, 2.05) is 4.90 Å². The van der Waals surface area contributed by atoms with Gasteiger partial charge in [0, 0.05) is 13.1 Å². The van der Waals surface area contributed by atoms with E-state index in [-0.39, 0.29) is 11.9 Å². The summed E-state index contributed by atoms with van der Waals surface area (Å²) >= 11 is 0.